The highest BCUT2D eigenvalue weighted by Crippen LogP contribution is 2.38. The second kappa shape index (κ2) is 6.62. The molecule has 0 aliphatic rings. The molecule has 0 aromatic heterocycles. The third kappa shape index (κ3) is 3.27. The van der Waals surface area contributed by atoms with Crippen molar-refractivity contribution in [3.05, 3.63) is 17.7 Å². The number of carbonyl (C=O) groups excluding carboxylic acids is 1. The zero-order valence-electron chi connectivity index (χ0n) is 10.2. The highest BCUT2D eigenvalue weighted by atomic mass is 16.5. The van der Waals surface area contributed by atoms with E-state index < -0.39 is 0 Å². The molecule has 0 radical (unpaired) electrons. The van der Waals surface area contributed by atoms with Gasteiger partial charge >= 0.3 is 0 Å². The van der Waals surface area contributed by atoms with Crippen LogP contribution in [0.3, 0.4) is 0 Å². The SMILES string of the molecule is COc1cc(CCOC=O)cc(OC)c1OC. The largest absolute Gasteiger partial charge is 0.493 e. The molecule has 0 aliphatic heterocycles. The van der Waals surface area contributed by atoms with Crippen LogP contribution in [0.5, 0.6) is 17.2 Å². The highest BCUT2D eigenvalue weighted by Gasteiger charge is 2.12. The Morgan fingerprint density at radius 2 is 1.65 bits per heavy atom. The van der Waals surface area contributed by atoms with Crippen molar-refractivity contribution < 1.29 is 23.7 Å². The van der Waals surface area contributed by atoms with Crippen molar-refractivity contribution >= 4 is 6.47 Å². The first kappa shape index (κ1) is 13.2. The van der Waals surface area contributed by atoms with Gasteiger partial charge in [-0.3, -0.25) is 4.79 Å². The van der Waals surface area contributed by atoms with Gasteiger partial charge in [-0.15, -0.1) is 0 Å². The van der Waals surface area contributed by atoms with Crippen molar-refractivity contribution in [2.75, 3.05) is 27.9 Å². The van der Waals surface area contributed by atoms with Gasteiger partial charge in [0.05, 0.1) is 27.9 Å². The average molecular weight is 240 g/mol. The number of rotatable bonds is 7. The van der Waals surface area contributed by atoms with Crippen molar-refractivity contribution in [2.24, 2.45) is 0 Å². The van der Waals surface area contributed by atoms with Crippen LogP contribution in [-0.2, 0) is 16.0 Å². The zero-order valence-corrected chi connectivity index (χ0v) is 10.2. The van der Waals surface area contributed by atoms with Gasteiger partial charge in [0.25, 0.3) is 6.47 Å². The molecule has 0 bridgehead atoms. The summed E-state index contributed by atoms with van der Waals surface area (Å²) >= 11 is 0. The first-order valence-corrected chi connectivity index (χ1v) is 5.11. The molecule has 0 unspecified atom stereocenters. The van der Waals surface area contributed by atoms with Crippen LogP contribution in [0.2, 0.25) is 0 Å². The van der Waals surface area contributed by atoms with Gasteiger partial charge in [-0.2, -0.15) is 0 Å². The summed E-state index contributed by atoms with van der Waals surface area (Å²) in [4.78, 5) is 10.1. The normalized spacial score (nSPS) is 9.59. The maximum atomic E-state index is 10.1. The van der Waals surface area contributed by atoms with Crippen LogP contribution in [0, 0.1) is 0 Å². The molecule has 1 aromatic carbocycles. The van der Waals surface area contributed by atoms with Crippen molar-refractivity contribution in [2.45, 2.75) is 6.42 Å². The number of ether oxygens (including phenoxy) is 4. The molecule has 5 heteroatoms. The van der Waals surface area contributed by atoms with Crippen LogP contribution in [0.4, 0.5) is 0 Å². The van der Waals surface area contributed by atoms with E-state index in [9.17, 15) is 4.79 Å². The molecule has 0 aliphatic carbocycles. The molecule has 0 spiro atoms. The fourth-order valence-corrected chi connectivity index (χ4v) is 1.50. The van der Waals surface area contributed by atoms with Crippen LogP contribution < -0.4 is 14.2 Å². The van der Waals surface area contributed by atoms with E-state index in [-0.39, 0.29) is 0 Å². The molecule has 0 atom stereocenters. The molecule has 0 saturated carbocycles. The number of methoxy groups -OCH3 is 3. The maximum absolute atomic E-state index is 10.1. The van der Waals surface area contributed by atoms with Gasteiger partial charge in [-0.25, -0.2) is 0 Å². The standard InChI is InChI=1S/C12H16O5/c1-14-10-6-9(4-5-17-8-13)7-11(15-2)12(10)16-3/h6-8H,4-5H2,1-3H3. The Bertz CT molecular complexity index is 350. The minimum Gasteiger partial charge on any atom is -0.493 e. The molecule has 5 nitrogen and oxygen atoms in total. The molecular formula is C12H16O5. The van der Waals surface area contributed by atoms with Crippen molar-refractivity contribution in [1.82, 2.24) is 0 Å². The van der Waals surface area contributed by atoms with Crippen LogP contribution in [0.15, 0.2) is 12.1 Å². The Morgan fingerprint density at radius 3 is 2.06 bits per heavy atom. The van der Waals surface area contributed by atoms with Gasteiger partial charge in [0, 0.05) is 6.42 Å². The smallest absolute Gasteiger partial charge is 0.293 e. The second-order valence-electron chi connectivity index (χ2n) is 3.25. The average Bonchev–Trinajstić information content (AvgIpc) is 2.37. The Morgan fingerprint density at radius 1 is 1.06 bits per heavy atom. The number of carbonyl (C=O) groups is 1. The predicted octanol–water partition coefficient (Wildman–Crippen LogP) is 1.43. The fourth-order valence-electron chi connectivity index (χ4n) is 1.50. The Balaban J connectivity index is 2.96. The van der Waals surface area contributed by atoms with Gasteiger partial charge in [0.1, 0.15) is 0 Å². The monoisotopic (exact) mass is 240 g/mol. The molecule has 0 heterocycles. The van der Waals surface area contributed by atoms with Gasteiger partial charge in [-0.1, -0.05) is 0 Å². The van der Waals surface area contributed by atoms with Crippen molar-refractivity contribution in [3.8, 4) is 17.2 Å². The van der Waals surface area contributed by atoms with E-state index in [0.717, 1.165) is 5.56 Å². The third-order valence-corrected chi connectivity index (χ3v) is 2.30. The molecule has 0 N–H and O–H groups in total. The molecule has 0 amide bonds. The van der Waals surface area contributed by atoms with Crippen LogP contribution in [-0.4, -0.2) is 34.4 Å². The van der Waals surface area contributed by atoms with Gasteiger partial charge in [0.2, 0.25) is 5.75 Å². The first-order chi connectivity index (χ1) is 8.26. The molecule has 1 aromatic rings. The van der Waals surface area contributed by atoms with E-state index in [4.69, 9.17) is 14.2 Å². The Labute approximate surface area is 100 Å². The summed E-state index contributed by atoms with van der Waals surface area (Å²) in [7, 11) is 4.67. The fraction of sp³-hybridized carbons (Fsp3) is 0.417. The summed E-state index contributed by atoms with van der Waals surface area (Å²) < 4.78 is 20.3. The maximum Gasteiger partial charge on any atom is 0.293 e. The summed E-state index contributed by atoms with van der Waals surface area (Å²) in [5.41, 5.74) is 0.946. The van der Waals surface area contributed by atoms with E-state index in [1.165, 1.54) is 0 Å². The second-order valence-corrected chi connectivity index (χ2v) is 3.25. The lowest BCUT2D eigenvalue weighted by atomic mass is 10.1. The van der Waals surface area contributed by atoms with Crippen LogP contribution in [0.25, 0.3) is 0 Å². The van der Waals surface area contributed by atoms with E-state index >= 15 is 0 Å². The Kier molecular flexibility index (Phi) is 5.13. The molecule has 1 rings (SSSR count). The molecule has 94 valence electrons. The number of hydrogen-bond acceptors (Lipinski definition) is 5. The van der Waals surface area contributed by atoms with Gasteiger partial charge in [0.15, 0.2) is 11.5 Å². The summed E-state index contributed by atoms with van der Waals surface area (Å²) in [6, 6.07) is 3.66. The highest BCUT2D eigenvalue weighted by molar-refractivity contribution is 5.53. The summed E-state index contributed by atoms with van der Waals surface area (Å²) in [6.07, 6.45) is 0.593. The van der Waals surface area contributed by atoms with Crippen LogP contribution >= 0.6 is 0 Å². The van der Waals surface area contributed by atoms with E-state index in [1.54, 1.807) is 21.3 Å². The first-order valence-electron chi connectivity index (χ1n) is 5.11. The van der Waals surface area contributed by atoms with Gasteiger partial charge < -0.3 is 18.9 Å². The van der Waals surface area contributed by atoms with Crippen LogP contribution in [0.1, 0.15) is 5.56 Å². The predicted molar refractivity (Wildman–Crippen MR) is 61.8 cm³/mol. The zero-order chi connectivity index (χ0) is 12.7. The minimum absolute atomic E-state index is 0.322. The lowest BCUT2D eigenvalue weighted by Gasteiger charge is -2.13. The quantitative estimate of drug-likeness (QED) is 0.533. The molecule has 0 saturated heterocycles. The summed E-state index contributed by atoms with van der Waals surface area (Å²) in [6.45, 7) is 0.750. The number of hydrogen-bond donors (Lipinski definition) is 0. The lowest BCUT2D eigenvalue weighted by Crippen LogP contribution is -2.00. The van der Waals surface area contributed by atoms with E-state index in [0.29, 0.717) is 36.7 Å². The van der Waals surface area contributed by atoms with Crippen molar-refractivity contribution in [1.29, 1.82) is 0 Å². The third-order valence-electron chi connectivity index (χ3n) is 2.30. The number of benzene rings is 1. The molecule has 0 fully saturated rings. The van der Waals surface area contributed by atoms with Gasteiger partial charge in [-0.05, 0) is 17.7 Å². The van der Waals surface area contributed by atoms with Crippen molar-refractivity contribution in [3.63, 3.8) is 0 Å². The molecular weight excluding hydrogens is 224 g/mol. The minimum atomic E-state index is 0.322. The Hall–Kier alpha value is -1.91. The van der Waals surface area contributed by atoms with E-state index in [2.05, 4.69) is 4.74 Å². The summed E-state index contributed by atoms with van der Waals surface area (Å²) in [5, 5.41) is 0. The topological polar surface area (TPSA) is 54.0 Å². The lowest BCUT2D eigenvalue weighted by molar-refractivity contribution is -0.128. The summed E-state index contributed by atoms with van der Waals surface area (Å²) in [5.74, 6) is 1.73. The molecule has 17 heavy (non-hydrogen) atoms. The van der Waals surface area contributed by atoms with E-state index in [1.807, 2.05) is 12.1 Å².